The normalized spacial score (nSPS) is 24.8. The number of aromatic nitrogens is 1. The fourth-order valence-electron chi connectivity index (χ4n) is 4.58. The van der Waals surface area contributed by atoms with Crippen LogP contribution in [0.2, 0.25) is 0 Å². The van der Waals surface area contributed by atoms with E-state index in [1.807, 2.05) is 7.11 Å². The Morgan fingerprint density at radius 1 is 1.19 bits per heavy atom. The standard InChI is InChI=1S/C14H24O2.C10H10N2O5.CH3FO/c1-10(2)8-9-13-14(16-13)11-6-4-5-7-12(11)15-3;13-8-3-6(9(14)15)1-2-12(8)7-4-11(5-7)10(16)17;1-3-2/h8,11-14H,4-7,9H2,1-3H3;1-3,7H,4-5H2,(H,14,15)(H,16,17);1H3/t11?,12?,13-,14?;;/m1../s1. The molecule has 36 heavy (non-hydrogen) atoms. The number of hydrogen-bond donors (Lipinski definition) is 2. The lowest BCUT2D eigenvalue weighted by molar-refractivity contribution is -0.0960. The largest absolute Gasteiger partial charge is 0.478 e. The summed E-state index contributed by atoms with van der Waals surface area (Å²) in [5.74, 6) is -0.510. The molecule has 2 N–H and O–H groups in total. The predicted molar refractivity (Wildman–Crippen MR) is 130 cm³/mol. The molecule has 202 valence electrons. The summed E-state index contributed by atoms with van der Waals surface area (Å²) < 4.78 is 22.5. The zero-order valence-corrected chi connectivity index (χ0v) is 21.3. The van der Waals surface area contributed by atoms with Gasteiger partial charge in [-0.2, -0.15) is 4.94 Å². The minimum absolute atomic E-state index is 0.0688. The third kappa shape index (κ3) is 8.42. The van der Waals surface area contributed by atoms with E-state index in [-0.39, 0.29) is 24.7 Å². The molecule has 3 unspecified atom stereocenters. The summed E-state index contributed by atoms with van der Waals surface area (Å²) in [6, 6.07) is 2.15. The maximum absolute atomic E-state index is 11.6. The monoisotopic (exact) mass is 512 g/mol. The van der Waals surface area contributed by atoms with Crippen LogP contribution in [0.4, 0.5) is 9.32 Å². The van der Waals surface area contributed by atoms with Gasteiger partial charge in [0.25, 0.3) is 5.56 Å². The van der Waals surface area contributed by atoms with E-state index in [1.165, 1.54) is 53.0 Å². The number of ether oxygens (including phenoxy) is 2. The number of allylic oxidation sites excluding steroid dienone is 1. The zero-order valence-electron chi connectivity index (χ0n) is 21.3. The molecule has 3 heterocycles. The van der Waals surface area contributed by atoms with Gasteiger partial charge in [0.1, 0.15) is 0 Å². The van der Waals surface area contributed by atoms with E-state index < -0.39 is 17.6 Å². The van der Waals surface area contributed by atoms with E-state index in [9.17, 15) is 18.9 Å². The molecule has 11 heteroatoms. The number of carboxylic acids is 1. The molecule has 0 aromatic carbocycles. The number of amides is 1. The van der Waals surface area contributed by atoms with Crippen LogP contribution in [-0.4, -0.2) is 77.4 Å². The summed E-state index contributed by atoms with van der Waals surface area (Å²) in [5.41, 5.74) is 0.891. The minimum atomic E-state index is -1.16. The van der Waals surface area contributed by atoms with Crippen LogP contribution in [0.3, 0.4) is 0 Å². The van der Waals surface area contributed by atoms with Crippen molar-refractivity contribution in [1.29, 1.82) is 0 Å². The van der Waals surface area contributed by atoms with Gasteiger partial charge in [-0.3, -0.25) is 4.79 Å². The lowest BCUT2D eigenvalue weighted by atomic mass is 9.83. The smallest absolute Gasteiger partial charge is 0.407 e. The van der Waals surface area contributed by atoms with Gasteiger partial charge >= 0.3 is 12.1 Å². The highest BCUT2D eigenvalue weighted by molar-refractivity contribution is 5.87. The van der Waals surface area contributed by atoms with Gasteiger partial charge in [0, 0.05) is 38.4 Å². The van der Waals surface area contributed by atoms with Crippen molar-refractivity contribution in [2.75, 3.05) is 27.3 Å². The summed E-state index contributed by atoms with van der Waals surface area (Å²) >= 11 is 0. The molecule has 1 amide bonds. The average molecular weight is 513 g/mol. The van der Waals surface area contributed by atoms with Crippen LogP contribution in [-0.2, 0) is 14.4 Å². The lowest BCUT2D eigenvalue weighted by Gasteiger charge is -2.37. The molecule has 0 bridgehead atoms. The number of carboxylic acid groups (broad SMARTS) is 2. The SMILES string of the molecule is COC1CCCCC1C1O[C@@H]1CC=C(C)C.COF.O=C(O)c1ccn(C2CN(C(=O)O)C2)c(=O)c1. The number of rotatable bonds is 6. The molecule has 4 rings (SSSR count). The van der Waals surface area contributed by atoms with Crippen molar-refractivity contribution < 1.29 is 38.7 Å². The van der Waals surface area contributed by atoms with Crippen LogP contribution < -0.4 is 5.56 Å². The van der Waals surface area contributed by atoms with Gasteiger partial charge in [0.05, 0.1) is 37.0 Å². The molecular formula is C25H37FN2O8. The summed E-state index contributed by atoms with van der Waals surface area (Å²) in [6.07, 6.45) is 10.3. The number of nitrogens with zero attached hydrogens (tertiary/aromatic N) is 2. The van der Waals surface area contributed by atoms with Crippen LogP contribution in [0.25, 0.3) is 0 Å². The summed E-state index contributed by atoms with van der Waals surface area (Å²) in [7, 11) is 2.80. The lowest BCUT2D eigenvalue weighted by Crippen LogP contribution is -2.52. The zero-order chi connectivity index (χ0) is 26.8. The Morgan fingerprint density at radius 2 is 1.83 bits per heavy atom. The van der Waals surface area contributed by atoms with Crippen molar-refractivity contribution in [3.8, 4) is 0 Å². The quantitative estimate of drug-likeness (QED) is 0.433. The van der Waals surface area contributed by atoms with E-state index in [4.69, 9.17) is 19.7 Å². The average Bonchev–Trinajstić information content (AvgIpc) is 3.58. The number of halogens is 1. The van der Waals surface area contributed by atoms with Crippen molar-refractivity contribution in [2.45, 2.75) is 70.3 Å². The number of pyridine rings is 1. The molecule has 1 aromatic heterocycles. The summed E-state index contributed by atoms with van der Waals surface area (Å²) in [6.45, 7) is 4.80. The highest BCUT2D eigenvalue weighted by atomic mass is 19.3. The first-order chi connectivity index (χ1) is 17.1. The van der Waals surface area contributed by atoms with Crippen LogP contribution in [0.1, 0.15) is 62.4 Å². The first-order valence-electron chi connectivity index (χ1n) is 12.0. The molecule has 0 radical (unpaired) electrons. The van der Waals surface area contributed by atoms with Gasteiger partial charge in [0.15, 0.2) is 0 Å². The van der Waals surface area contributed by atoms with E-state index >= 15 is 0 Å². The minimum Gasteiger partial charge on any atom is -0.478 e. The van der Waals surface area contributed by atoms with E-state index in [0.29, 0.717) is 24.2 Å². The van der Waals surface area contributed by atoms with Crippen LogP contribution in [0.5, 0.6) is 0 Å². The Kier molecular flexibility index (Phi) is 11.5. The second kappa shape index (κ2) is 14.1. The first kappa shape index (κ1) is 29.5. The Bertz CT molecular complexity index is 956. The third-order valence-electron chi connectivity index (χ3n) is 6.58. The number of methoxy groups -OCH3 is 1. The molecule has 10 nitrogen and oxygen atoms in total. The fourth-order valence-corrected chi connectivity index (χ4v) is 4.58. The van der Waals surface area contributed by atoms with Gasteiger partial charge < -0.3 is 29.2 Å². The van der Waals surface area contributed by atoms with Crippen molar-refractivity contribution in [1.82, 2.24) is 9.47 Å². The maximum Gasteiger partial charge on any atom is 0.407 e. The molecule has 3 fully saturated rings. The fraction of sp³-hybridized carbons (Fsp3) is 0.640. The van der Waals surface area contributed by atoms with Gasteiger partial charge in [-0.05, 0) is 43.7 Å². The molecule has 2 saturated heterocycles. The van der Waals surface area contributed by atoms with Crippen LogP contribution in [0.15, 0.2) is 34.8 Å². The second-order valence-corrected chi connectivity index (χ2v) is 9.34. The van der Waals surface area contributed by atoms with E-state index in [0.717, 1.165) is 19.6 Å². The molecule has 4 atom stereocenters. The molecule has 1 saturated carbocycles. The number of aromatic carboxylic acids is 1. The predicted octanol–water partition coefficient (Wildman–Crippen LogP) is 3.91. The van der Waals surface area contributed by atoms with Crippen LogP contribution >= 0.6 is 0 Å². The molecular weight excluding hydrogens is 475 g/mol. The second-order valence-electron chi connectivity index (χ2n) is 9.34. The van der Waals surface area contributed by atoms with Gasteiger partial charge in [0.2, 0.25) is 0 Å². The molecule has 3 aliphatic rings. The highest BCUT2D eigenvalue weighted by Gasteiger charge is 2.47. The number of carbonyl (C=O) groups is 2. The Hall–Kier alpha value is -2.76. The first-order valence-corrected chi connectivity index (χ1v) is 12.0. The van der Waals surface area contributed by atoms with Crippen molar-refractivity contribution in [2.24, 2.45) is 5.92 Å². The van der Waals surface area contributed by atoms with Crippen molar-refractivity contribution in [3.05, 3.63) is 45.9 Å². The Balaban J connectivity index is 0.000000229. The molecule has 2 aliphatic heterocycles. The molecule has 1 aromatic rings. The number of hydrogen-bond acceptors (Lipinski definition) is 6. The molecule has 0 spiro atoms. The number of likely N-dealkylation sites (tertiary alicyclic amines) is 1. The highest BCUT2D eigenvalue weighted by Crippen LogP contribution is 2.41. The topological polar surface area (TPSA) is 131 Å². The summed E-state index contributed by atoms with van der Waals surface area (Å²) in [4.78, 5) is 36.7. The van der Waals surface area contributed by atoms with Gasteiger partial charge in [-0.15, -0.1) is 0 Å². The van der Waals surface area contributed by atoms with E-state index in [1.54, 1.807) is 0 Å². The van der Waals surface area contributed by atoms with Gasteiger partial charge in [-0.1, -0.05) is 24.5 Å². The van der Waals surface area contributed by atoms with Crippen molar-refractivity contribution >= 4 is 12.1 Å². The molecule has 1 aliphatic carbocycles. The van der Waals surface area contributed by atoms with Crippen LogP contribution in [0, 0.1) is 5.92 Å². The Morgan fingerprint density at radius 3 is 2.36 bits per heavy atom. The van der Waals surface area contributed by atoms with Crippen molar-refractivity contribution in [3.63, 3.8) is 0 Å². The maximum atomic E-state index is 11.6. The number of epoxide rings is 1. The van der Waals surface area contributed by atoms with Gasteiger partial charge in [-0.25, -0.2) is 9.59 Å². The summed E-state index contributed by atoms with van der Waals surface area (Å²) in [5, 5.41) is 17.3. The van der Waals surface area contributed by atoms with E-state index in [2.05, 4.69) is 24.9 Å². The Labute approximate surface area is 210 Å². The third-order valence-corrected chi connectivity index (χ3v) is 6.58.